The summed E-state index contributed by atoms with van der Waals surface area (Å²) in [6, 6.07) is 76.9. The lowest BCUT2D eigenvalue weighted by molar-refractivity contribution is 0.826. The summed E-state index contributed by atoms with van der Waals surface area (Å²) in [6.07, 6.45) is 18.1. The van der Waals surface area contributed by atoms with Gasteiger partial charge in [-0.1, -0.05) is 264 Å². The molecule has 0 fully saturated rings. The van der Waals surface area contributed by atoms with E-state index in [9.17, 15) is 0 Å². The fourth-order valence-corrected chi connectivity index (χ4v) is 10.3. The lowest BCUT2D eigenvalue weighted by Crippen LogP contribution is -2.09. The third-order valence-electron chi connectivity index (χ3n) is 14.0. The van der Waals surface area contributed by atoms with Gasteiger partial charge in [-0.3, -0.25) is 0 Å². The van der Waals surface area contributed by atoms with Gasteiger partial charge in [0, 0.05) is 5.92 Å². The molecule has 0 N–H and O–H groups in total. The van der Waals surface area contributed by atoms with Gasteiger partial charge in [0.1, 0.15) is 0 Å². The van der Waals surface area contributed by atoms with E-state index in [1.165, 1.54) is 105 Å². The number of fused-ring (bicyclic) bond motifs is 5. The number of benzene rings is 10. The summed E-state index contributed by atoms with van der Waals surface area (Å²) in [7, 11) is 0. The number of hydrogen-bond acceptors (Lipinski definition) is 0. The zero-order valence-corrected chi connectivity index (χ0v) is 43.2. The minimum atomic E-state index is 0.342. The first-order chi connectivity index (χ1) is 36.4. The van der Waals surface area contributed by atoms with Gasteiger partial charge in [-0.25, -0.2) is 0 Å². The van der Waals surface area contributed by atoms with Gasteiger partial charge < -0.3 is 0 Å². The molecule has 0 radical (unpaired) electrons. The molecule has 10 aromatic rings. The maximum absolute atomic E-state index is 4.12. The number of allylic oxidation sites excluding steroid dienone is 5. The summed E-state index contributed by atoms with van der Waals surface area (Å²) in [5.41, 5.74) is 22.2. The Bertz CT molecular complexity index is 3720. The van der Waals surface area contributed by atoms with Crippen molar-refractivity contribution in [3.63, 3.8) is 0 Å². The Balaban J connectivity index is 0.000000317. The summed E-state index contributed by atoms with van der Waals surface area (Å²) in [6.45, 7) is 20.0. The van der Waals surface area contributed by atoms with Crippen LogP contribution in [-0.4, -0.2) is 0 Å². The Morgan fingerprint density at radius 3 is 1.72 bits per heavy atom. The van der Waals surface area contributed by atoms with Crippen LogP contribution in [0.2, 0.25) is 0 Å². The van der Waals surface area contributed by atoms with E-state index in [-0.39, 0.29) is 0 Å². The van der Waals surface area contributed by atoms with Crippen LogP contribution >= 0.6 is 0 Å². The normalized spacial score (nSPS) is 12.7. The van der Waals surface area contributed by atoms with E-state index >= 15 is 0 Å². The summed E-state index contributed by atoms with van der Waals surface area (Å²) in [5, 5.41) is 4.97. The first kappa shape index (κ1) is 50.1. The second kappa shape index (κ2) is 23.6. The van der Waals surface area contributed by atoms with Crippen LogP contribution < -0.4 is 0 Å². The van der Waals surface area contributed by atoms with Crippen molar-refractivity contribution < 1.29 is 0 Å². The molecule has 0 aromatic heterocycles. The lowest BCUT2D eigenvalue weighted by Gasteiger charge is -2.26. The van der Waals surface area contributed by atoms with Crippen LogP contribution in [0.5, 0.6) is 0 Å². The van der Waals surface area contributed by atoms with Crippen molar-refractivity contribution in [1.82, 2.24) is 0 Å². The van der Waals surface area contributed by atoms with Crippen LogP contribution in [-0.2, 0) is 6.42 Å². The van der Waals surface area contributed by atoms with Crippen LogP contribution in [0.15, 0.2) is 256 Å². The highest BCUT2D eigenvalue weighted by molar-refractivity contribution is 6.04. The summed E-state index contributed by atoms with van der Waals surface area (Å²) < 4.78 is 0. The molecule has 360 valence electrons. The van der Waals surface area contributed by atoms with E-state index in [2.05, 4.69) is 258 Å². The van der Waals surface area contributed by atoms with Crippen molar-refractivity contribution in [2.75, 3.05) is 0 Å². The summed E-state index contributed by atoms with van der Waals surface area (Å²) in [4.78, 5) is 0. The monoisotopic (exact) mass is 953 g/mol. The maximum Gasteiger partial charge on any atom is 0.00680 e. The molecule has 0 saturated heterocycles. The highest BCUT2D eigenvalue weighted by Gasteiger charge is 2.22. The van der Waals surface area contributed by atoms with Crippen LogP contribution in [0.4, 0.5) is 0 Å². The molecule has 1 aliphatic carbocycles. The molecule has 0 bridgehead atoms. The maximum atomic E-state index is 4.12. The van der Waals surface area contributed by atoms with Crippen LogP contribution in [0.3, 0.4) is 0 Å². The van der Waals surface area contributed by atoms with Crippen molar-refractivity contribution >= 4 is 51.4 Å². The molecule has 0 spiro atoms. The van der Waals surface area contributed by atoms with Gasteiger partial charge in [-0.05, 0) is 172 Å². The SMILES string of the molecule is C=CC(=C)c1cccc(-c2ccccc2)c1.C=Cc1cc(-c2ccc(-c3ccc4cc(-c5ccc(/C=C/C6Cc7ccccc7-c7ccccc76)c(/C=C\C)c5)ccc4c3)cc2)c2ccccc2c1/C=C\C.CC. The number of hydrogen-bond donors (Lipinski definition) is 0. The zero-order valence-electron chi connectivity index (χ0n) is 43.2. The second-order valence-electron chi connectivity index (χ2n) is 18.5. The topological polar surface area (TPSA) is 0 Å². The van der Waals surface area contributed by atoms with Gasteiger partial charge in [0.05, 0.1) is 0 Å². The highest BCUT2D eigenvalue weighted by Crippen LogP contribution is 2.41. The molecule has 0 nitrogen and oxygen atoms in total. The summed E-state index contributed by atoms with van der Waals surface area (Å²) in [5.74, 6) is 0.342. The molecule has 0 saturated carbocycles. The van der Waals surface area contributed by atoms with Gasteiger partial charge >= 0.3 is 0 Å². The molecule has 0 heterocycles. The van der Waals surface area contributed by atoms with Crippen molar-refractivity contribution in [2.24, 2.45) is 0 Å². The van der Waals surface area contributed by atoms with E-state index in [0.29, 0.717) is 5.92 Å². The molecule has 0 heteroatoms. The molecule has 11 rings (SSSR count). The minimum Gasteiger partial charge on any atom is -0.0985 e. The Morgan fingerprint density at radius 2 is 1.00 bits per heavy atom. The zero-order chi connectivity index (χ0) is 51.4. The molecule has 1 unspecified atom stereocenters. The van der Waals surface area contributed by atoms with Crippen LogP contribution in [0, 0.1) is 0 Å². The van der Waals surface area contributed by atoms with Gasteiger partial charge in [0.25, 0.3) is 0 Å². The van der Waals surface area contributed by atoms with Gasteiger partial charge in [-0.15, -0.1) is 0 Å². The Labute approximate surface area is 440 Å². The van der Waals surface area contributed by atoms with Crippen LogP contribution in [0.25, 0.3) is 107 Å². The van der Waals surface area contributed by atoms with E-state index in [1.54, 1.807) is 6.08 Å². The molecule has 1 aliphatic rings. The third-order valence-corrected chi connectivity index (χ3v) is 14.0. The third kappa shape index (κ3) is 10.8. The van der Waals surface area contributed by atoms with Crippen molar-refractivity contribution in [3.05, 3.63) is 295 Å². The molecule has 0 amide bonds. The predicted octanol–water partition coefficient (Wildman–Crippen LogP) is 21.3. The van der Waals surface area contributed by atoms with Gasteiger partial charge in [0.15, 0.2) is 0 Å². The molecule has 10 aromatic carbocycles. The smallest absolute Gasteiger partial charge is 0.00680 e. The molecular weight excluding hydrogens is 889 g/mol. The fraction of sp³-hybridized carbons (Fsp3) is 0.0811. The molecular formula is C74H64. The van der Waals surface area contributed by atoms with Crippen molar-refractivity contribution in [3.8, 4) is 55.6 Å². The van der Waals surface area contributed by atoms with E-state index in [0.717, 1.165) is 23.1 Å². The van der Waals surface area contributed by atoms with Crippen molar-refractivity contribution in [1.29, 1.82) is 0 Å². The Hall–Kier alpha value is -8.84. The standard InChI is InChI=1S/C56H44.C16H14.C2H6/c1-4-13-42-33-44(27-23-39(42)24-32-49-36-48-15-7-8-16-51(48)53-18-10-9-17-52(49)53)47-31-30-45-34-43(28-29-46(45)35-47)40-21-25-41(26-22-40)56-37-38(6-3)50(14-5-2)54-19-11-12-20-55(54)56;1-3-13(2)15-10-7-11-16(12-15)14-8-5-4-6-9-14;1-2/h4-35,37,49H,3,36H2,1-2H3;3-12H,1-2H2;1-2H3/b13-4-,14-5-,32-24+;;. The average Bonchev–Trinajstić information content (AvgIpc) is 3.47. The van der Waals surface area contributed by atoms with E-state index in [1.807, 2.05) is 44.2 Å². The van der Waals surface area contributed by atoms with Gasteiger partial charge in [-0.2, -0.15) is 0 Å². The van der Waals surface area contributed by atoms with E-state index < -0.39 is 0 Å². The largest absolute Gasteiger partial charge is 0.0985 e. The lowest BCUT2D eigenvalue weighted by atomic mass is 9.78. The average molecular weight is 953 g/mol. The molecule has 1 atom stereocenters. The Morgan fingerprint density at radius 1 is 0.432 bits per heavy atom. The Kier molecular flexibility index (Phi) is 16.0. The first-order valence-corrected chi connectivity index (χ1v) is 26.0. The molecule has 74 heavy (non-hydrogen) atoms. The second-order valence-corrected chi connectivity index (χ2v) is 18.5. The molecule has 0 aliphatic heterocycles. The van der Waals surface area contributed by atoms with Gasteiger partial charge in [0.2, 0.25) is 0 Å². The van der Waals surface area contributed by atoms with Crippen molar-refractivity contribution in [2.45, 2.75) is 40.0 Å². The number of rotatable bonds is 11. The first-order valence-electron chi connectivity index (χ1n) is 26.0. The highest BCUT2D eigenvalue weighted by atomic mass is 14.3. The van der Waals surface area contributed by atoms with E-state index in [4.69, 9.17) is 0 Å². The minimum absolute atomic E-state index is 0.342. The summed E-state index contributed by atoms with van der Waals surface area (Å²) >= 11 is 0. The van der Waals surface area contributed by atoms with Crippen LogP contribution in [0.1, 0.15) is 72.6 Å². The predicted molar refractivity (Wildman–Crippen MR) is 327 cm³/mol. The fourth-order valence-electron chi connectivity index (χ4n) is 10.3. The quantitative estimate of drug-likeness (QED) is 0.113.